The Balaban J connectivity index is 2.20. The van der Waals surface area contributed by atoms with Crippen LogP contribution in [0.25, 0.3) is 0 Å². The van der Waals surface area contributed by atoms with Crippen LogP contribution in [0.5, 0.6) is 0 Å². The zero-order valence-corrected chi connectivity index (χ0v) is 8.93. The number of rotatable bonds is 0. The Kier molecular flexibility index (Phi) is 1.76. The highest BCUT2D eigenvalue weighted by molar-refractivity contribution is 6.32. The average molecular weight is 221 g/mol. The van der Waals surface area contributed by atoms with Crippen LogP contribution in [0.2, 0.25) is 5.02 Å². The van der Waals surface area contributed by atoms with Crippen molar-refractivity contribution < 1.29 is 4.52 Å². The number of aryl methyl sites for hydroxylation is 1. The second-order valence-electron chi connectivity index (χ2n) is 3.68. The summed E-state index contributed by atoms with van der Waals surface area (Å²) in [6, 6.07) is 3.92. The molecule has 0 aliphatic carbocycles. The van der Waals surface area contributed by atoms with Crippen LogP contribution in [-0.4, -0.2) is 5.16 Å². The van der Waals surface area contributed by atoms with Crippen LogP contribution in [0.3, 0.4) is 0 Å². The Morgan fingerprint density at radius 2 is 2.33 bits per heavy atom. The van der Waals surface area contributed by atoms with Gasteiger partial charge in [-0.2, -0.15) is 0 Å². The Hall–Kier alpha value is -1.48. The minimum absolute atomic E-state index is 0.707. The summed E-state index contributed by atoms with van der Waals surface area (Å²) >= 11 is 6.15. The first-order chi connectivity index (χ1) is 7.25. The van der Waals surface area contributed by atoms with Gasteiger partial charge in [-0.05, 0) is 18.6 Å². The minimum atomic E-state index is 0.707. The molecule has 3 rings (SSSR count). The maximum atomic E-state index is 6.15. The summed E-state index contributed by atoms with van der Waals surface area (Å²) in [6.45, 7) is 2.06. The van der Waals surface area contributed by atoms with Crippen molar-refractivity contribution in [2.45, 2.75) is 13.3 Å². The zero-order valence-electron chi connectivity index (χ0n) is 8.17. The van der Waals surface area contributed by atoms with Gasteiger partial charge in [-0.15, -0.1) is 0 Å². The molecule has 2 heterocycles. The predicted molar refractivity (Wildman–Crippen MR) is 58.8 cm³/mol. The van der Waals surface area contributed by atoms with Crippen LogP contribution in [0.4, 0.5) is 11.4 Å². The summed E-state index contributed by atoms with van der Waals surface area (Å²) in [4.78, 5) is 0. The van der Waals surface area contributed by atoms with Gasteiger partial charge in [0.05, 0.1) is 6.20 Å². The molecule has 0 bridgehead atoms. The van der Waals surface area contributed by atoms with Crippen molar-refractivity contribution >= 4 is 23.0 Å². The van der Waals surface area contributed by atoms with Crippen LogP contribution < -0.4 is 5.32 Å². The lowest BCUT2D eigenvalue weighted by Gasteiger charge is -2.19. The third-order valence-electron chi connectivity index (χ3n) is 2.71. The molecule has 0 radical (unpaired) electrons. The van der Waals surface area contributed by atoms with E-state index in [2.05, 4.69) is 17.4 Å². The summed E-state index contributed by atoms with van der Waals surface area (Å²) in [5.41, 5.74) is 4.29. The van der Waals surface area contributed by atoms with E-state index in [1.165, 1.54) is 5.56 Å². The highest BCUT2D eigenvalue weighted by Crippen LogP contribution is 2.38. The first kappa shape index (κ1) is 8.80. The second kappa shape index (κ2) is 3.00. The first-order valence-corrected chi connectivity index (χ1v) is 5.12. The monoisotopic (exact) mass is 220 g/mol. The molecule has 0 atom stereocenters. The molecule has 0 fully saturated rings. The maximum Gasteiger partial charge on any atom is 0.164 e. The summed E-state index contributed by atoms with van der Waals surface area (Å²) in [7, 11) is 0. The summed E-state index contributed by atoms with van der Waals surface area (Å²) in [5, 5.41) is 7.82. The molecule has 1 aromatic heterocycles. The van der Waals surface area contributed by atoms with Crippen LogP contribution in [-0.2, 0) is 6.42 Å². The molecule has 15 heavy (non-hydrogen) atoms. The molecule has 0 unspecified atom stereocenters. The Labute approximate surface area is 92.0 Å². The highest BCUT2D eigenvalue weighted by atomic mass is 35.5. The largest absolute Gasteiger partial charge is 0.359 e. The molecule has 0 saturated heterocycles. The topological polar surface area (TPSA) is 38.1 Å². The third-order valence-corrected chi connectivity index (χ3v) is 3.06. The fourth-order valence-corrected chi connectivity index (χ4v) is 2.10. The second-order valence-corrected chi connectivity index (χ2v) is 4.09. The Morgan fingerprint density at radius 1 is 1.47 bits per heavy atom. The van der Waals surface area contributed by atoms with E-state index in [0.29, 0.717) is 6.42 Å². The van der Waals surface area contributed by atoms with Gasteiger partial charge in [0.1, 0.15) is 5.69 Å². The molecule has 0 amide bonds. The van der Waals surface area contributed by atoms with Crippen molar-refractivity contribution in [3.63, 3.8) is 0 Å². The van der Waals surface area contributed by atoms with Gasteiger partial charge in [0.2, 0.25) is 0 Å². The van der Waals surface area contributed by atoms with Crippen LogP contribution in [0.1, 0.15) is 16.9 Å². The van der Waals surface area contributed by atoms with Gasteiger partial charge in [-0.3, -0.25) is 0 Å². The summed E-state index contributed by atoms with van der Waals surface area (Å²) in [5.74, 6) is 0.843. The molecule has 1 N–H and O–H groups in total. The fraction of sp³-hybridized carbons (Fsp3) is 0.182. The first-order valence-electron chi connectivity index (χ1n) is 4.74. The molecule has 4 heteroatoms. The molecule has 0 saturated carbocycles. The van der Waals surface area contributed by atoms with E-state index in [0.717, 1.165) is 27.7 Å². The molecule has 2 aromatic rings. The van der Waals surface area contributed by atoms with Gasteiger partial charge in [-0.25, -0.2) is 0 Å². The summed E-state index contributed by atoms with van der Waals surface area (Å²) in [6.07, 6.45) is 2.40. The number of hydrogen-bond acceptors (Lipinski definition) is 3. The molecular weight excluding hydrogens is 212 g/mol. The lowest BCUT2D eigenvalue weighted by molar-refractivity contribution is 0.389. The average Bonchev–Trinajstić information content (AvgIpc) is 2.69. The van der Waals surface area contributed by atoms with Gasteiger partial charge in [0.25, 0.3) is 0 Å². The van der Waals surface area contributed by atoms with Crippen LogP contribution in [0, 0.1) is 6.92 Å². The number of benzene rings is 1. The van der Waals surface area contributed by atoms with Crippen LogP contribution >= 0.6 is 11.6 Å². The van der Waals surface area contributed by atoms with Gasteiger partial charge in [0, 0.05) is 22.7 Å². The van der Waals surface area contributed by atoms with E-state index in [1.807, 2.05) is 12.1 Å². The van der Waals surface area contributed by atoms with E-state index < -0.39 is 0 Å². The number of halogens is 1. The van der Waals surface area contributed by atoms with Crippen molar-refractivity contribution in [3.05, 3.63) is 40.2 Å². The quantitative estimate of drug-likeness (QED) is 0.632. The summed E-state index contributed by atoms with van der Waals surface area (Å²) < 4.78 is 5.14. The van der Waals surface area contributed by atoms with Gasteiger partial charge >= 0.3 is 0 Å². The van der Waals surface area contributed by atoms with E-state index >= 15 is 0 Å². The molecule has 1 aliphatic rings. The van der Waals surface area contributed by atoms with Crippen molar-refractivity contribution in [1.29, 1.82) is 0 Å². The van der Waals surface area contributed by atoms with E-state index in [4.69, 9.17) is 16.1 Å². The van der Waals surface area contributed by atoms with E-state index in [1.54, 1.807) is 6.20 Å². The molecule has 76 valence electrons. The normalized spacial score (nSPS) is 12.9. The standard InChI is InChI=1S/C11H9ClN2O/c1-6-2-3-8(12)7-4-10-9(5-13-15-10)14-11(6)7/h2-3,5,14H,4H2,1H3. The third kappa shape index (κ3) is 1.23. The van der Waals surface area contributed by atoms with Crippen molar-refractivity contribution in [2.24, 2.45) is 0 Å². The molecule has 1 aromatic carbocycles. The molecule has 1 aliphatic heterocycles. The van der Waals surface area contributed by atoms with E-state index in [-0.39, 0.29) is 0 Å². The number of nitrogens with zero attached hydrogens (tertiary/aromatic N) is 1. The highest BCUT2D eigenvalue weighted by Gasteiger charge is 2.21. The van der Waals surface area contributed by atoms with Gasteiger partial charge in [-0.1, -0.05) is 22.8 Å². The molecule has 0 spiro atoms. The molecular formula is C11H9ClN2O. The fourth-order valence-electron chi connectivity index (χ4n) is 1.87. The van der Waals surface area contributed by atoms with Crippen molar-refractivity contribution in [3.8, 4) is 0 Å². The Morgan fingerprint density at radius 3 is 3.20 bits per heavy atom. The lowest BCUT2D eigenvalue weighted by atomic mass is 10.00. The van der Waals surface area contributed by atoms with E-state index in [9.17, 15) is 0 Å². The SMILES string of the molecule is Cc1ccc(Cl)c2c1Nc1cnoc1C2. The maximum absolute atomic E-state index is 6.15. The number of nitrogens with one attached hydrogen (secondary N) is 1. The zero-order chi connectivity index (χ0) is 10.4. The number of aromatic nitrogens is 1. The van der Waals surface area contributed by atoms with Gasteiger partial charge < -0.3 is 9.84 Å². The minimum Gasteiger partial charge on any atom is -0.359 e. The van der Waals surface area contributed by atoms with Crippen molar-refractivity contribution in [2.75, 3.05) is 5.32 Å². The molecule has 3 nitrogen and oxygen atoms in total. The van der Waals surface area contributed by atoms with Gasteiger partial charge in [0.15, 0.2) is 5.76 Å². The van der Waals surface area contributed by atoms with Crippen LogP contribution in [0.15, 0.2) is 22.9 Å². The lowest BCUT2D eigenvalue weighted by Crippen LogP contribution is -2.06. The smallest absolute Gasteiger partial charge is 0.164 e. The predicted octanol–water partition coefficient (Wildman–Crippen LogP) is 3.28. The Bertz CT molecular complexity index is 488. The number of hydrogen-bond donors (Lipinski definition) is 1. The number of anilines is 2. The number of fused-ring (bicyclic) bond motifs is 2. The van der Waals surface area contributed by atoms with Crippen molar-refractivity contribution in [1.82, 2.24) is 5.16 Å².